The van der Waals surface area contributed by atoms with Crippen LogP contribution in [0, 0.1) is 0 Å². The number of hydrogen-bond acceptors (Lipinski definition) is 3. The standard InChI is InChI=1S/C20H24BrNO3/c1-4-10-25-20-17(21)11-15(12-18(20)24-3)13-22-14(2)19(23)16-8-6-5-7-9-16/h4-9,11-12,14,19,22-23H,1,10,13H2,2-3H3/p+1/t14-,19+/m1/s1. The number of nitrogens with two attached hydrogens (primary N) is 1. The van der Waals surface area contributed by atoms with E-state index in [1.807, 2.05) is 49.4 Å². The number of benzene rings is 2. The van der Waals surface area contributed by atoms with E-state index in [0.29, 0.717) is 18.1 Å². The third kappa shape index (κ3) is 5.33. The molecule has 2 aromatic rings. The summed E-state index contributed by atoms with van der Waals surface area (Å²) in [5.41, 5.74) is 2.01. The molecule has 134 valence electrons. The zero-order chi connectivity index (χ0) is 18.2. The number of rotatable bonds is 9. The molecule has 0 bridgehead atoms. The molecule has 0 aliphatic rings. The highest BCUT2D eigenvalue weighted by molar-refractivity contribution is 9.10. The van der Waals surface area contributed by atoms with E-state index in [9.17, 15) is 5.11 Å². The number of ether oxygens (including phenoxy) is 2. The topological polar surface area (TPSA) is 55.3 Å². The quantitative estimate of drug-likeness (QED) is 0.628. The van der Waals surface area contributed by atoms with Crippen LogP contribution in [0.2, 0.25) is 0 Å². The molecule has 2 atom stereocenters. The summed E-state index contributed by atoms with van der Waals surface area (Å²) in [7, 11) is 1.62. The smallest absolute Gasteiger partial charge is 0.175 e. The number of methoxy groups -OCH3 is 1. The highest BCUT2D eigenvalue weighted by Gasteiger charge is 2.19. The van der Waals surface area contributed by atoms with Gasteiger partial charge in [-0.2, -0.15) is 0 Å². The maximum absolute atomic E-state index is 10.5. The molecule has 0 unspecified atom stereocenters. The lowest BCUT2D eigenvalue weighted by molar-refractivity contribution is -0.709. The lowest BCUT2D eigenvalue weighted by Gasteiger charge is -2.18. The average molecular weight is 407 g/mol. The molecule has 0 aliphatic heterocycles. The van der Waals surface area contributed by atoms with Crippen LogP contribution in [-0.4, -0.2) is 24.9 Å². The predicted octanol–water partition coefficient (Wildman–Crippen LogP) is 3.21. The van der Waals surface area contributed by atoms with Crippen LogP contribution in [-0.2, 0) is 6.54 Å². The number of hydrogen-bond donors (Lipinski definition) is 2. The fourth-order valence-corrected chi connectivity index (χ4v) is 3.18. The van der Waals surface area contributed by atoms with E-state index in [-0.39, 0.29) is 6.04 Å². The van der Waals surface area contributed by atoms with Gasteiger partial charge in [-0.1, -0.05) is 43.0 Å². The summed E-state index contributed by atoms with van der Waals surface area (Å²) in [5.74, 6) is 1.35. The van der Waals surface area contributed by atoms with Gasteiger partial charge in [0.05, 0.1) is 11.6 Å². The van der Waals surface area contributed by atoms with E-state index in [2.05, 4.69) is 27.8 Å². The lowest BCUT2D eigenvalue weighted by atomic mass is 10.0. The van der Waals surface area contributed by atoms with Gasteiger partial charge in [0, 0.05) is 5.56 Å². The van der Waals surface area contributed by atoms with Crippen molar-refractivity contribution in [3.63, 3.8) is 0 Å². The maximum Gasteiger partial charge on any atom is 0.175 e. The molecule has 0 saturated carbocycles. The summed E-state index contributed by atoms with van der Waals surface area (Å²) >= 11 is 3.54. The Labute approximate surface area is 157 Å². The molecule has 5 heteroatoms. The summed E-state index contributed by atoms with van der Waals surface area (Å²) in [5, 5.41) is 12.6. The van der Waals surface area contributed by atoms with E-state index < -0.39 is 6.10 Å². The summed E-state index contributed by atoms with van der Waals surface area (Å²) in [4.78, 5) is 0. The largest absolute Gasteiger partial charge is 0.493 e. The second-order valence-electron chi connectivity index (χ2n) is 5.86. The Balaban J connectivity index is 2.05. The SMILES string of the molecule is C=CCOc1c(Br)cc(C[NH2+][C@H](C)[C@H](O)c2ccccc2)cc1OC. The first-order valence-corrected chi connectivity index (χ1v) is 9.02. The minimum absolute atomic E-state index is 0.0314. The van der Waals surface area contributed by atoms with Gasteiger partial charge in [0.25, 0.3) is 0 Å². The molecule has 0 radical (unpaired) electrons. The Morgan fingerprint density at radius 1 is 1.28 bits per heavy atom. The molecule has 2 aromatic carbocycles. The molecule has 2 rings (SSSR count). The summed E-state index contributed by atoms with van der Waals surface area (Å²) < 4.78 is 11.9. The first-order valence-electron chi connectivity index (χ1n) is 8.23. The zero-order valence-corrected chi connectivity index (χ0v) is 16.2. The van der Waals surface area contributed by atoms with Gasteiger partial charge in [-0.05, 0) is 40.5 Å². The van der Waals surface area contributed by atoms with Gasteiger partial charge in [0.2, 0.25) is 0 Å². The van der Waals surface area contributed by atoms with Gasteiger partial charge in [-0.3, -0.25) is 0 Å². The highest BCUT2D eigenvalue weighted by atomic mass is 79.9. The van der Waals surface area contributed by atoms with Crippen molar-refractivity contribution in [3.8, 4) is 11.5 Å². The molecule has 0 fully saturated rings. The number of aliphatic hydroxyl groups is 1. The molecule has 25 heavy (non-hydrogen) atoms. The summed E-state index contributed by atoms with van der Waals surface area (Å²) in [6.07, 6.45) is 1.18. The van der Waals surface area contributed by atoms with Gasteiger partial charge in [0.1, 0.15) is 25.3 Å². The van der Waals surface area contributed by atoms with Crippen molar-refractivity contribution in [2.24, 2.45) is 0 Å². The van der Waals surface area contributed by atoms with Crippen molar-refractivity contribution in [3.05, 3.63) is 70.7 Å². The molecular weight excluding hydrogens is 382 g/mol. The number of aliphatic hydroxyl groups excluding tert-OH is 1. The van der Waals surface area contributed by atoms with Gasteiger partial charge >= 0.3 is 0 Å². The molecular formula is C20H25BrNO3+. The van der Waals surface area contributed by atoms with Crippen LogP contribution in [0.1, 0.15) is 24.2 Å². The average Bonchev–Trinajstić information content (AvgIpc) is 2.64. The fraction of sp³-hybridized carbons (Fsp3) is 0.300. The van der Waals surface area contributed by atoms with Crippen molar-refractivity contribution >= 4 is 15.9 Å². The minimum Gasteiger partial charge on any atom is -0.493 e. The molecule has 4 nitrogen and oxygen atoms in total. The van der Waals surface area contributed by atoms with Crippen molar-refractivity contribution < 1.29 is 19.9 Å². The first-order chi connectivity index (χ1) is 12.1. The monoisotopic (exact) mass is 406 g/mol. The molecule has 0 spiro atoms. The van der Waals surface area contributed by atoms with E-state index in [1.165, 1.54) is 0 Å². The number of halogens is 1. The van der Waals surface area contributed by atoms with Crippen LogP contribution in [0.15, 0.2) is 59.6 Å². The predicted molar refractivity (Wildman–Crippen MR) is 103 cm³/mol. The van der Waals surface area contributed by atoms with E-state index in [1.54, 1.807) is 13.2 Å². The van der Waals surface area contributed by atoms with Crippen LogP contribution in [0.5, 0.6) is 11.5 Å². The zero-order valence-electron chi connectivity index (χ0n) is 14.6. The maximum atomic E-state index is 10.5. The van der Waals surface area contributed by atoms with Gasteiger partial charge in [0.15, 0.2) is 11.5 Å². The number of quaternary nitrogens is 1. The van der Waals surface area contributed by atoms with Crippen molar-refractivity contribution in [2.75, 3.05) is 13.7 Å². The lowest BCUT2D eigenvalue weighted by Crippen LogP contribution is -2.88. The van der Waals surface area contributed by atoms with Gasteiger partial charge in [-0.15, -0.1) is 0 Å². The van der Waals surface area contributed by atoms with Crippen molar-refractivity contribution in [2.45, 2.75) is 25.6 Å². The van der Waals surface area contributed by atoms with E-state index >= 15 is 0 Å². The molecule has 0 amide bonds. The Morgan fingerprint density at radius 2 is 2.00 bits per heavy atom. The summed E-state index contributed by atoms with van der Waals surface area (Å²) in [6.45, 7) is 6.82. The third-order valence-corrected chi connectivity index (χ3v) is 4.59. The molecule has 0 aromatic heterocycles. The first kappa shape index (κ1) is 19.5. The van der Waals surface area contributed by atoms with E-state index in [4.69, 9.17) is 9.47 Å². The molecule has 0 aliphatic carbocycles. The van der Waals surface area contributed by atoms with Crippen LogP contribution in [0.3, 0.4) is 0 Å². The van der Waals surface area contributed by atoms with Crippen LogP contribution < -0.4 is 14.8 Å². The Morgan fingerprint density at radius 3 is 2.64 bits per heavy atom. The molecule has 0 heterocycles. The second-order valence-corrected chi connectivity index (χ2v) is 6.72. The van der Waals surface area contributed by atoms with Crippen molar-refractivity contribution in [1.82, 2.24) is 0 Å². The molecule has 0 saturated heterocycles. The van der Waals surface area contributed by atoms with Crippen LogP contribution >= 0.6 is 15.9 Å². The molecule has 3 N–H and O–H groups in total. The minimum atomic E-state index is -0.512. The third-order valence-electron chi connectivity index (χ3n) is 4.00. The highest BCUT2D eigenvalue weighted by Crippen LogP contribution is 2.36. The van der Waals surface area contributed by atoms with Gasteiger partial charge < -0.3 is 19.9 Å². The van der Waals surface area contributed by atoms with Crippen LogP contribution in [0.25, 0.3) is 0 Å². The Kier molecular flexibility index (Phi) is 7.50. The van der Waals surface area contributed by atoms with Crippen LogP contribution in [0.4, 0.5) is 0 Å². The van der Waals surface area contributed by atoms with Gasteiger partial charge in [-0.25, -0.2) is 0 Å². The Hall–Kier alpha value is -1.82. The normalized spacial score (nSPS) is 13.1. The Bertz CT molecular complexity index is 691. The fourth-order valence-electron chi connectivity index (χ4n) is 2.58. The second kappa shape index (κ2) is 9.61. The van der Waals surface area contributed by atoms with Crippen molar-refractivity contribution in [1.29, 1.82) is 0 Å². The van der Waals surface area contributed by atoms with E-state index in [0.717, 1.165) is 22.1 Å². The summed E-state index contributed by atoms with van der Waals surface area (Å²) in [6, 6.07) is 13.7.